The number of nitrogens with one attached hydrogen (secondary N) is 2. The molecule has 1 aromatic heterocycles. The summed E-state index contributed by atoms with van der Waals surface area (Å²) < 4.78 is 5.41. The fourth-order valence-corrected chi connectivity index (χ4v) is 5.01. The second kappa shape index (κ2) is 11.9. The van der Waals surface area contributed by atoms with Crippen LogP contribution in [0.2, 0.25) is 5.02 Å². The molecule has 10 heteroatoms. The van der Waals surface area contributed by atoms with Crippen LogP contribution >= 0.6 is 11.6 Å². The molecular weight excluding hydrogens is 506 g/mol. The van der Waals surface area contributed by atoms with Gasteiger partial charge in [-0.15, -0.1) is 0 Å². The lowest BCUT2D eigenvalue weighted by Gasteiger charge is -2.23. The fraction of sp³-hybridized carbons (Fsp3) is 0.357. The topological polar surface area (TPSA) is 117 Å². The van der Waals surface area contributed by atoms with Crippen molar-refractivity contribution in [3.05, 3.63) is 76.4 Å². The highest BCUT2D eigenvalue weighted by Gasteiger charge is 2.30. The molecule has 1 unspecified atom stereocenters. The van der Waals surface area contributed by atoms with Gasteiger partial charge in [0.1, 0.15) is 6.54 Å². The highest BCUT2D eigenvalue weighted by Crippen LogP contribution is 2.31. The molecule has 1 fully saturated rings. The van der Waals surface area contributed by atoms with Crippen LogP contribution in [0.5, 0.6) is 0 Å². The lowest BCUT2D eigenvalue weighted by atomic mass is 10.0. The largest absolute Gasteiger partial charge is 0.394 e. The molecule has 3 N–H and O–H groups in total. The van der Waals surface area contributed by atoms with Crippen LogP contribution in [0.15, 0.2) is 54.7 Å². The molecule has 2 aliphatic heterocycles. The molecule has 3 aromatic rings. The first-order valence-electron chi connectivity index (χ1n) is 12.7. The number of carbonyl (C=O) groups is 2. The molecule has 1 atom stereocenters. The van der Waals surface area contributed by atoms with Crippen molar-refractivity contribution in [2.45, 2.75) is 37.9 Å². The molecule has 198 valence electrons. The number of hydrogen-bond acceptors (Lipinski definition) is 7. The Kier molecular flexibility index (Phi) is 8.17. The van der Waals surface area contributed by atoms with E-state index in [-0.39, 0.29) is 31.0 Å². The van der Waals surface area contributed by atoms with E-state index in [0.29, 0.717) is 54.0 Å². The summed E-state index contributed by atoms with van der Waals surface area (Å²) in [5, 5.41) is 16.3. The maximum Gasteiger partial charge on any atom is 0.254 e. The standard InChI is InChI=1S/C28H30ClN5O4/c29-24-14-30-28(32-21-8-10-38-11-9-21)33-26(24)19-6-7-20-15-34(27(37)23(20)13-19)16-25(36)31-22(17-35)12-18-4-2-1-3-5-18/h1-7,13-14,21-22,35H,8-12,15-17H2,(H,31,36)(H,30,32,33). The van der Waals surface area contributed by atoms with E-state index < -0.39 is 6.04 Å². The normalized spacial score (nSPS) is 16.3. The first-order valence-corrected chi connectivity index (χ1v) is 13.1. The van der Waals surface area contributed by atoms with E-state index in [4.69, 9.17) is 16.3 Å². The van der Waals surface area contributed by atoms with Gasteiger partial charge in [-0.3, -0.25) is 9.59 Å². The number of benzene rings is 2. The Morgan fingerprint density at radius 2 is 1.97 bits per heavy atom. The van der Waals surface area contributed by atoms with Gasteiger partial charge in [-0.1, -0.05) is 54.1 Å². The van der Waals surface area contributed by atoms with Crippen molar-refractivity contribution in [1.82, 2.24) is 20.2 Å². The molecule has 1 saturated heterocycles. The van der Waals surface area contributed by atoms with Gasteiger partial charge in [0.05, 0.1) is 29.6 Å². The Balaban J connectivity index is 1.25. The summed E-state index contributed by atoms with van der Waals surface area (Å²) >= 11 is 6.44. The van der Waals surface area contributed by atoms with E-state index in [1.165, 1.54) is 4.90 Å². The van der Waals surface area contributed by atoms with Gasteiger partial charge in [0.2, 0.25) is 11.9 Å². The monoisotopic (exact) mass is 535 g/mol. The molecule has 5 rings (SSSR count). The molecule has 3 heterocycles. The Labute approximate surface area is 226 Å². The number of anilines is 1. The van der Waals surface area contributed by atoms with Gasteiger partial charge in [0.15, 0.2) is 0 Å². The Hall–Kier alpha value is -3.53. The molecule has 0 radical (unpaired) electrons. The Morgan fingerprint density at radius 1 is 1.18 bits per heavy atom. The summed E-state index contributed by atoms with van der Waals surface area (Å²) in [6, 6.07) is 15.0. The Morgan fingerprint density at radius 3 is 2.74 bits per heavy atom. The van der Waals surface area contributed by atoms with Gasteiger partial charge in [-0.25, -0.2) is 9.97 Å². The van der Waals surface area contributed by atoms with Gasteiger partial charge in [0, 0.05) is 36.9 Å². The molecule has 0 aliphatic carbocycles. The molecule has 2 amide bonds. The molecule has 2 aromatic carbocycles. The van der Waals surface area contributed by atoms with Crippen molar-refractivity contribution >= 4 is 29.4 Å². The third-order valence-corrected chi connectivity index (χ3v) is 7.08. The minimum absolute atomic E-state index is 0.0957. The van der Waals surface area contributed by atoms with Crippen LogP contribution in [-0.2, 0) is 22.5 Å². The maximum atomic E-state index is 13.2. The van der Waals surface area contributed by atoms with Crippen LogP contribution in [-0.4, -0.2) is 70.2 Å². The SMILES string of the molecule is O=C(CN1Cc2ccc(-c3nc(NC4CCOCC4)ncc3Cl)cc2C1=O)NC(CO)Cc1ccccc1. The number of ether oxygens (including phenoxy) is 1. The van der Waals surface area contributed by atoms with Gasteiger partial charge in [0.25, 0.3) is 5.91 Å². The van der Waals surface area contributed by atoms with E-state index in [1.54, 1.807) is 12.3 Å². The number of carbonyl (C=O) groups excluding carboxylic acids is 2. The second-order valence-corrected chi connectivity index (χ2v) is 10.00. The molecule has 38 heavy (non-hydrogen) atoms. The number of hydrogen-bond donors (Lipinski definition) is 3. The van der Waals surface area contributed by atoms with Crippen molar-refractivity contribution in [3.8, 4) is 11.3 Å². The first-order chi connectivity index (χ1) is 18.5. The summed E-state index contributed by atoms with van der Waals surface area (Å²) in [6.07, 6.45) is 3.82. The van der Waals surface area contributed by atoms with Crippen LogP contribution in [0.25, 0.3) is 11.3 Å². The molecule has 0 spiro atoms. The summed E-state index contributed by atoms with van der Waals surface area (Å²) in [6.45, 7) is 1.45. The zero-order valence-corrected chi connectivity index (χ0v) is 21.7. The molecular formula is C28H30ClN5O4. The van der Waals surface area contributed by atoms with Crippen LogP contribution in [0.3, 0.4) is 0 Å². The van der Waals surface area contributed by atoms with E-state index >= 15 is 0 Å². The highest BCUT2D eigenvalue weighted by atomic mass is 35.5. The van der Waals surface area contributed by atoms with Crippen molar-refractivity contribution < 1.29 is 19.4 Å². The average Bonchev–Trinajstić information content (AvgIpc) is 3.24. The predicted octanol–water partition coefficient (Wildman–Crippen LogP) is 3.06. The Bertz CT molecular complexity index is 1300. The number of aliphatic hydroxyl groups is 1. The average molecular weight is 536 g/mol. The van der Waals surface area contributed by atoms with Gasteiger partial charge < -0.3 is 25.4 Å². The van der Waals surface area contributed by atoms with Gasteiger partial charge in [-0.2, -0.15) is 0 Å². The number of rotatable bonds is 9. The van der Waals surface area contributed by atoms with E-state index in [2.05, 4.69) is 20.6 Å². The predicted molar refractivity (Wildman–Crippen MR) is 144 cm³/mol. The smallest absolute Gasteiger partial charge is 0.254 e. The van der Waals surface area contributed by atoms with Gasteiger partial charge in [-0.05, 0) is 36.5 Å². The summed E-state index contributed by atoms with van der Waals surface area (Å²) in [5.41, 5.74) is 3.61. The zero-order chi connectivity index (χ0) is 26.5. The van der Waals surface area contributed by atoms with Crippen molar-refractivity contribution in [2.24, 2.45) is 0 Å². The molecule has 9 nitrogen and oxygen atoms in total. The maximum absolute atomic E-state index is 13.2. The number of halogens is 1. The van der Waals surface area contributed by atoms with Crippen LogP contribution in [0.4, 0.5) is 5.95 Å². The number of nitrogens with zero attached hydrogens (tertiary/aromatic N) is 3. The van der Waals surface area contributed by atoms with E-state index in [0.717, 1.165) is 24.0 Å². The molecule has 0 bridgehead atoms. The van der Waals surface area contributed by atoms with Crippen molar-refractivity contribution in [1.29, 1.82) is 0 Å². The van der Waals surface area contributed by atoms with Crippen molar-refractivity contribution in [2.75, 3.05) is 31.7 Å². The number of aromatic nitrogens is 2. The molecule has 2 aliphatic rings. The number of amides is 2. The summed E-state index contributed by atoms with van der Waals surface area (Å²) in [4.78, 5) is 36.3. The lowest BCUT2D eigenvalue weighted by molar-refractivity contribution is -0.122. The summed E-state index contributed by atoms with van der Waals surface area (Å²) in [7, 11) is 0. The first kappa shape index (κ1) is 26.1. The zero-order valence-electron chi connectivity index (χ0n) is 20.9. The van der Waals surface area contributed by atoms with Crippen LogP contribution in [0.1, 0.15) is 34.3 Å². The lowest BCUT2D eigenvalue weighted by Crippen LogP contribution is -2.44. The summed E-state index contributed by atoms with van der Waals surface area (Å²) in [5.74, 6) is -0.0641. The fourth-order valence-electron chi connectivity index (χ4n) is 4.81. The third-order valence-electron chi connectivity index (χ3n) is 6.81. The number of aliphatic hydroxyl groups excluding tert-OH is 1. The minimum Gasteiger partial charge on any atom is -0.394 e. The van der Waals surface area contributed by atoms with E-state index in [1.807, 2.05) is 42.5 Å². The third kappa shape index (κ3) is 6.12. The van der Waals surface area contributed by atoms with Crippen molar-refractivity contribution in [3.63, 3.8) is 0 Å². The van der Waals surface area contributed by atoms with Crippen LogP contribution in [0, 0.1) is 0 Å². The number of fused-ring (bicyclic) bond motifs is 1. The van der Waals surface area contributed by atoms with E-state index in [9.17, 15) is 14.7 Å². The minimum atomic E-state index is -0.430. The van der Waals surface area contributed by atoms with Crippen LogP contribution < -0.4 is 10.6 Å². The highest BCUT2D eigenvalue weighted by molar-refractivity contribution is 6.33. The quantitative estimate of drug-likeness (QED) is 0.385. The second-order valence-electron chi connectivity index (χ2n) is 9.59. The molecule has 0 saturated carbocycles. The van der Waals surface area contributed by atoms with Gasteiger partial charge >= 0.3 is 0 Å².